The van der Waals surface area contributed by atoms with Gasteiger partial charge in [-0.3, -0.25) is 9.69 Å². The lowest BCUT2D eigenvalue weighted by atomic mass is 10.0. The van der Waals surface area contributed by atoms with E-state index in [1.165, 1.54) is 0 Å². The first kappa shape index (κ1) is 19.6. The number of benzene rings is 2. The van der Waals surface area contributed by atoms with E-state index in [0.717, 1.165) is 24.2 Å². The Morgan fingerprint density at radius 3 is 2.55 bits per heavy atom. The van der Waals surface area contributed by atoms with Crippen LogP contribution in [0.15, 0.2) is 65.2 Å². The van der Waals surface area contributed by atoms with Crippen LogP contribution in [0.2, 0.25) is 5.02 Å². The summed E-state index contributed by atoms with van der Waals surface area (Å²) in [6, 6.07) is 19.1. The van der Waals surface area contributed by atoms with Crippen molar-refractivity contribution in [1.82, 2.24) is 15.4 Å². The predicted octanol–water partition coefficient (Wildman–Crippen LogP) is 3.80. The number of carbonyl (C=O) groups excluding carboxylic acids is 1. The van der Waals surface area contributed by atoms with Gasteiger partial charge in [0.25, 0.3) is 5.91 Å². The van der Waals surface area contributed by atoms with Crippen molar-refractivity contribution < 1.29 is 14.1 Å². The highest BCUT2D eigenvalue weighted by atomic mass is 35.5. The summed E-state index contributed by atoms with van der Waals surface area (Å²) < 4.78 is 10.8. The molecule has 4 rings (SSSR count). The van der Waals surface area contributed by atoms with Crippen LogP contribution in [0, 0.1) is 0 Å². The lowest BCUT2D eigenvalue weighted by molar-refractivity contribution is 0.0162. The summed E-state index contributed by atoms with van der Waals surface area (Å²) in [6.45, 7) is 3.54. The Hall–Kier alpha value is -2.67. The van der Waals surface area contributed by atoms with Crippen molar-refractivity contribution in [3.63, 3.8) is 0 Å². The standard InChI is InChI=1S/C22H22ClN3O3/c23-18-8-6-17(7-9-18)21-14-19(25-29-21)22(27)24-15-20(16-4-2-1-3-5-16)26-10-12-28-13-11-26/h1-9,14,20H,10-13,15H2,(H,24,27)/t20-/m0/s1. The Morgan fingerprint density at radius 1 is 1.10 bits per heavy atom. The van der Waals surface area contributed by atoms with Crippen LogP contribution in [0.3, 0.4) is 0 Å². The molecule has 1 aliphatic rings. The molecule has 6 nitrogen and oxygen atoms in total. The zero-order chi connectivity index (χ0) is 20.1. The van der Waals surface area contributed by atoms with Gasteiger partial charge >= 0.3 is 0 Å². The van der Waals surface area contributed by atoms with Crippen LogP contribution >= 0.6 is 11.6 Å². The number of rotatable bonds is 6. The zero-order valence-corrected chi connectivity index (χ0v) is 16.6. The Bertz CT molecular complexity index is 937. The predicted molar refractivity (Wildman–Crippen MR) is 111 cm³/mol. The van der Waals surface area contributed by atoms with Gasteiger partial charge in [-0.15, -0.1) is 0 Å². The molecule has 29 heavy (non-hydrogen) atoms. The third kappa shape index (κ3) is 4.85. The number of morpholine rings is 1. The number of hydrogen-bond acceptors (Lipinski definition) is 5. The van der Waals surface area contributed by atoms with Gasteiger partial charge in [0.05, 0.1) is 19.3 Å². The first-order chi connectivity index (χ1) is 14.2. The molecule has 0 spiro atoms. The molecule has 1 fully saturated rings. The smallest absolute Gasteiger partial charge is 0.273 e. The Labute approximate surface area is 174 Å². The summed E-state index contributed by atoms with van der Waals surface area (Å²) >= 11 is 5.92. The maximum Gasteiger partial charge on any atom is 0.273 e. The van der Waals surface area contributed by atoms with Crippen molar-refractivity contribution in [1.29, 1.82) is 0 Å². The summed E-state index contributed by atoms with van der Waals surface area (Å²) in [6.07, 6.45) is 0. The highest BCUT2D eigenvalue weighted by Crippen LogP contribution is 2.23. The minimum absolute atomic E-state index is 0.0756. The maximum atomic E-state index is 12.7. The van der Waals surface area contributed by atoms with Gasteiger partial charge < -0.3 is 14.6 Å². The Kier molecular flexibility index (Phi) is 6.24. The summed E-state index contributed by atoms with van der Waals surface area (Å²) in [7, 11) is 0. The van der Waals surface area contributed by atoms with Crippen molar-refractivity contribution in [2.45, 2.75) is 6.04 Å². The molecule has 0 bridgehead atoms. The average molecular weight is 412 g/mol. The van der Waals surface area contributed by atoms with Crippen LogP contribution in [0.5, 0.6) is 0 Å². The van der Waals surface area contributed by atoms with Crippen LogP contribution in [0.1, 0.15) is 22.1 Å². The van der Waals surface area contributed by atoms with E-state index in [-0.39, 0.29) is 17.6 Å². The molecule has 2 aromatic carbocycles. The molecule has 0 unspecified atom stereocenters. The number of nitrogens with one attached hydrogen (secondary N) is 1. The fourth-order valence-corrected chi connectivity index (χ4v) is 3.56. The number of amides is 1. The van der Waals surface area contributed by atoms with Crippen LogP contribution < -0.4 is 5.32 Å². The molecule has 7 heteroatoms. The second-order valence-corrected chi connectivity index (χ2v) is 7.30. The van der Waals surface area contributed by atoms with Crippen molar-refractivity contribution in [3.8, 4) is 11.3 Å². The van der Waals surface area contributed by atoms with E-state index in [4.69, 9.17) is 20.9 Å². The lowest BCUT2D eigenvalue weighted by Crippen LogP contribution is -2.43. The number of aromatic nitrogens is 1. The molecular formula is C22H22ClN3O3. The first-order valence-corrected chi connectivity index (χ1v) is 9.96. The number of halogens is 1. The quantitative estimate of drug-likeness (QED) is 0.668. The van der Waals surface area contributed by atoms with Gasteiger partial charge in [-0.2, -0.15) is 0 Å². The summed E-state index contributed by atoms with van der Waals surface area (Å²) in [5.41, 5.74) is 2.23. The molecule has 0 radical (unpaired) electrons. The summed E-state index contributed by atoms with van der Waals surface area (Å²) in [5, 5.41) is 7.57. The maximum absolute atomic E-state index is 12.7. The number of nitrogens with zero attached hydrogens (tertiary/aromatic N) is 2. The van der Waals surface area contributed by atoms with Gasteiger partial charge in [0, 0.05) is 36.3 Å². The summed E-state index contributed by atoms with van der Waals surface area (Å²) in [5.74, 6) is 0.266. The normalized spacial score (nSPS) is 15.8. The van der Waals surface area contributed by atoms with Crippen LogP contribution in [-0.2, 0) is 4.74 Å². The van der Waals surface area contributed by atoms with Gasteiger partial charge in [-0.1, -0.05) is 47.1 Å². The van der Waals surface area contributed by atoms with E-state index in [1.54, 1.807) is 18.2 Å². The molecule has 1 amide bonds. The van der Waals surface area contributed by atoms with E-state index >= 15 is 0 Å². The van der Waals surface area contributed by atoms with Gasteiger partial charge in [0.2, 0.25) is 0 Å². The van der Waals surface area contributed by atoms with Crippen LogP contribution in [-0.4, -0.2) is 48.8 Å². The second kappa shape index (κ2) is 9.22. The first-order valence-electron chi connectivity index (χ1n) is 9.58. The Balaban J connectivity index is 1.44. The van der Waals surface area contributed by atoms with Crippen molar-refractivity contribution in [2.24, 2.45) is 0 Å². The fraction of sp³-hybridized carbons (Fsp3) is 0.273. The fourth-order valence-electron chi connectivity index (χ4n) is 3.43. The van der Waals surface area contributed by atoms with Gasteiger partial charge in [-0.25, -0.2) is 0 Å². The molecule has 1 saturated heterocycles. The third-order valence-electron chi connectivity index (χ3n) is 5.00. The number of hydrogen-bond donors (Lipinski definition) is 1. The minimum Gasteiger partial charge on any atom is -0.379 e. The van der Waals surface area contributed by atoms with Crippen LogP contribution in [0.25, 0.3) is 11.3 Å². The van der Waals surface area contributed by atoms with Crippen molar-refractivity contribution >= 4 is 17.5 Å². The highest BCUT2D eigenvalue weighted by Gasteiger charge is 2.24. The lowest BCUT2D eigenvalue weighted by Gasteiger charge is -2.34. The van der Waals surface area contributed by atoms with Crippen LogP contribution in [0.4, 0.5) is 0 Å². The van der Waals surface area contributed by atoms with Crippen molar-refractivity contribution in [3.05, 3.63) is 76.9 Å². The Morgan fingerprint density at radius 2 is 1.83 bits per heavy atom. The molecule has 1 aromatic heterocycles. The van der Waals surface area contributed by atoms with Crippen molar-refractivity contribution in [2.75, 3.05) is 32.8 Å². The monoisotopic (exact) mass is 411 g/mol. The van der Waals surface area contributed by atoms with Gasteiger partial charge in [-0.05, 0) is 29.8 Å². The minimum atomic E-state index is -0.261. The van der Waals surface area contributed by atoms with E-state index in [2.05, 4.69) is 27.5 Å². The van der Waals surface area contributed by atoms with E-state index < -0.39 is 0 Å². The topological polar surface area (TPSA) is 67.6 Å². The number of carbonyl (C=O) groups is 1. The summed E-state index contributed by atoms with van der Waals surface area (Å²) in [4.78, 5) is 15.0. The van der Waals surface area contributed by atoms with E-state index in [1.807, 2.05) is 30.3 Å². The van der Waals surface area contributed by atoms with Gasteiger partial charge in [0.1, 0.15) is 0 Å². The molecule has 0 saturated carbocycles. The average Bonchev–Trinajstić information content (AvgIpc) is 3.26. The number of ether oxygens (including phenoxy) is 1. The van der Waals surface area contributed by atoms with E-state index in [0.29, 0.717) is 30.5 Å². The molecular weight excluding hydrogens is 390 g/mol. The third-order valence-corrected chi connectivity index (χ3v) is 5.25. The second-order valence-electron chi connectivity index (χ2n) is 6.87. The molecule has 3 aromatic rings. The SMILES string of the molecule is O=C(NC[C@@H](c1ccccc1)N1CCOCC1)c1cc(-c2ccc(Cl)cc2)on1. The van der Waals surface area contributed by atoms with E-state index in [9.17, 15) is 4.79 Å². The zero-order valence-electron chi connectivity index (χ0n) is 15.9. The molecule has 2 heterocycles. The molecule has 1 atom stereocenters. The molecule has 1 N–H and O–H groups in total. The molecule has 150 valence electrons. The van der Waals surface area contributed by atoms with Gasteiger partial charge in [0.15, 0.2) is 11.5 Å². The highest BCUT2D eigenvalue weighted by molar-refractivity contribution is 6.30. The molecule has 1 aliphatic heterocycles. The largest absolute Gasteiger partial charge is 0.379 e. The molecule has 0 aliphatic carbocycles.